The fourth-order valence-electron chi connectivity index (χ4n) is 2.14. The van der Waals surface area contributed by atoms with Gasteiger partial charge < -0.3 is 0 Å². The van der Waals surface area contributed by atoms with E-state index < -0.39 is 24.5 Å². The number of aliphatic hydroxyl groups excluding tert-OH is 3. The van der Waals surface area contributed by atoms with Gasteiger partial charge in [-0.25, -0.2) is 0 Å². The monoisotopic (exact) mass is 332 g/mol. The number of nitrogens with zero attached hydrogens (tertiary/aromatic N) is 4. The Labute approximate surface area is 115 Å². The summed E-state index contributed by atoms with van der Waals surface area (Å²) in [6.07, 6.45) is -1.10. The molecule has 2 aromatic heterocycles. The molecule has 0 radical (unpaired) electrons. The molecule has 8 nitrogen and oxygen atoms in total. The summed E-state index contributed by atoms with van der Waals surface area (Å²) in [5.74, 6) is 0. The van der Waals surface area contributed by atoms with E-state index in [0.717, 1.165) is 0 Å². The zero-order valence-corrected chi connectivity index (χ0v) is 11.5. The van der Waals surface area contributed by atoms with Crippen LogP contribution in [-0.2, 0) is 4.74 Å². The van der Waals surface area contributed by atoms with Crippen molar-refractivity contribution in [2.75, 3.05) is 6.61 Å². The molecule has 2 aromatic rings. The second kappa shape index (κ2) is 4.78. The zero-order chi connectivity index (χ0) is 13.6. The summed E-state index contributed by atoms with van der Waals surface area (Å²) in [6.45, 7) is -0.369. The van der Waals surface area contributed by atoms with E-state index >= 15 is 0 Å². The summed E-state index contributed by atoms with van der Waals surface area (Å²) in [5, 5.41) is 28.8. The van der Waals surface area contributed by atoms with E-state index in [1.54, 1.807) is 0 Å². The SMILES string of the molecule is OC[C@H]1O[C@@H](n2cnc3c([SeH])ncnc32)C(O)C1O. The van der Waals surface area contributed by atoms with Crippen molar-refractivity contribution in [1.82, 2.24) is 19.5 Å². The van der Waals surface area contributed by atoms with E-state index in [0.29, 0.717) is 15.8 Å². The van der Waals surface area contributed by atoms with Crippen molar-refractivity contribution in [3.63, 3.8) is 0 Å². The number of aromatic nitrogens is 4. The van der Waals surface area contributed by atoms with E-state index in [2.05, 4.69) is 31.0 Å². The maximum atomic E-state index is 9.98. The Kier molecular flexibility index (Phi) is 3.25. The molecule has 0 bridgehead atoms. The van der Waals surface area contributed by atoms with Crippen molar-refractivity contribution in [1.29, 1.82) is 0 Å². The third-order valence-corrected chi connectivity index (χ3v) is 3.82. The van der Waals surface area contributed by atoms with Crippen molar-refractivity contribution in [2.45, 2.75) is 24.5 Å². The van der Waals surface area contributed by atoms with Crippen LogP contribution in [0.5, 0.6) is 0 Å². The Hall–Kier alpha value is -1.09. The summed E-state index contributed by atoms with van der Waals surface area (Å²) in [4.78, 5) is 12.3. The second-order valence-electron chi connectivity index (χ2n) is 4.25. The van der Waals surface area contributed by atoms with Crippen molar-refractivity contribution in [3.05, 3.63) is 12.7 Å². The summed E-state index contributed by atoms with van der Waals surface area (Å²) in [7, 11) is 0. The first-order valence-electron chi connectivity index (χ1n) is 5.62. The standard InChI is InChI=1S/C10H12N4O4Se/c15-1-4-6(16)7(17)10(18-4)14-3-13-5-8(14)11-2-12-9(5)19/h2-4,6-7,10,15-17H,1H2,(H,11,12,19)/t4-,6?,7?,10-/m1/s1. The molecule has 9 heteroatoms. The topological polar surface area (TPSA) is 114 Å². The first-order valence-corrected chi connectivity index (χ1v) is 6.56. The van der Waals surface area contributed by atoms with E-state index in [-0.39, 0.29) is 6.61 Å². The predicted octanol–water partition coefficient (Wildman–Crippen LogP) is -3.04. The summed E-state index contributed by atoms with van der Waals surface area (Å²) >= 11 is 2.29. The van der Waals surface area contributed by atoms with Crippen LogP contribution in [0.3, 0.4) is 0 Å². The second-order valence-corrected chi connectivity index (χ2v) is 5.14. The van der Waals surface area contributed by atoms with Gasteiger partial charge >= 0.3 is 115 Å². The van der Waals surface area contributed by atoms with Crippen LogP contribution in [0.15, 0.2) is 12.7 Å². The van der Waals surface area contributed by atoms with Gasteiger partial charge in [0, 0.05) is 0 Å². The van der Waals surface area contributed by atoms with Crippen molar-refractivity contribution in [3.8, 4) is 0 Å². The normalized spacial score (nSPS) is 31.2. The van der Waals surface area contributed by atoms with Gasteiger partial charge in [-0.1, -0.05) is 0 Å². The molecule has 102 valence electrons. The molecule has 0 aromatic carbocycles. The molecule has 1 fully saturated rings. The number of fused-ring (bicyclic) bond motifs is 1. The van der Waals surface area contributed by atoms with Crippen LogP contribution < -0.4 is 4.59 Å². The molecule has 4 atom stereocenters. The maximum absolute atomic E-state index is 9.98. The van der Waals surface area contributed by atoms with Crippen molar-refractivity contribution < 1.29 is 20.1 Å². The van der Waals surface area contributed by atoms with E-state index in [9.17, 15) is 10.2 Å². The van der Waals surface area contributed by atoms with E-state index in [1.807, 2.05) is 0 Å². The quantitative estimate of drug-likeness (QED) is 0.502. The molecule has 0 aliphatic carbocycles. The third-order valence-electron chi connectivity index (χ3n) is 3.13. The molecule has 3 N–H and O–H groups in total. The third kappa shape index (κ3) is 1.95. The van der Waals surface area contributed by atoms with E-state index in [1.165, 1.54) is 17.2 Å². The van der Waals surface area contributed by atoms with Crippen molar-refractivity contribution >= 4 is 31.8 Å². The molecule has 0 amide bonds. The van der Waals surface area contributed by atoms with Crippen LogP contribution in [0.1, 0.15) is 6.23 Å². The van der Waals surface area contributed by atoms with Crippen LogP contribution in [-0.4, -0.2) is 75.8 Å². The van der Waals surface area contributed by atoms with Gasteiger partial charge in [0.25, 0.3) is 0 Å². The Morgan fingerprint density at radius 1 is 1.26 bits per heavy atom. The molecule has 0 spiro atoms. The number of hydrogen-bond donors (Lipinski definition) is 3. The van der Waals surface area contributed by atoms with Crippen LogP contribution in [0, 0.1) is 0 Å². The Morgan fingerprint density at radius 3 is 2.74 bits per heavy atom. The number of aliphatic hydroxyl groups is 3. The molecule has 1 aliphatic rings. The van der Waals surface area contributed by atoms with Gasteiger partial charge in [-0.15, -0.1) is 0 Å². The molecule has 3 rings (SSSR count). The molecule has 1 aliphatic heterocycles. The minimum absolute atomic E-state index is 0.369. The van der Waals surface area contributed by atoms with Crippen LogP contribution in [0.4, 0.5) is 0 Å². The molecular formula is C10H12N4O4Se. The van der Waals surface area contributed by atoms with Gasteiger partial charge in [0.2, 0.25) is 0 Å². The molecule has 0 saturated carbocycles. The van der Waals surface area contributed by atoms with Gasteiger partial charge in [0.1, 0.15) is 0 Å². The first-order chi connectivity index (χ1) is 9.13. The summed E-state index contributed by atoms with van der Waals surface area (Å²) in [5.41, 5.74) is 1.08. The average Bonchev–Trinajstić information content (AvgIpc) is 2.94. The number of ether oxygens (including phenoxy) is 1. The molecule has 2 unspecified atom stereocenters. The van der Waals surface area contributed by atoms with Crippen molar-refractivity contribution in [2.24, 2.45) is 0 Å². The van der Waals surface area contributed by atoms with E-state index in [4.69, 9.17) is 9.84 Å². The van der Waals surface area contributed by atoms with Gasteiger partial charge in [-0.2, -0.15) is 0 Å². The molecule has 19 heavy (non-hydrogen) atoms. The Bertz CT molecular complexity index is 606. The van der Waals surface area contributed by atoms with Gasteiger partial charge in [-0.3, -0.25) is 0 Å². The number of rotatable bonds is 2. The summed E-state index contributed by atoms with van der Waals surface area (Å²) < 4.78 is 7.62. The molecule has 1 saturated heterocycles. The fourth-order valence-corrected chi connectivity index (χ4v) is 2.57. The number of imidazole rings is 1. The van der Waals surface area contributed by atoms with Gasteiger partial charge in [0.15, 0.2) is 0 Å². The average molecular weight is 331 g/mol. The Balaban J connectivity index is 2.04. The van der Waals surface area contributed by atoms with Gasteiger partial charge in [-0.05, 0) is 0 Å². The molecular weight excluding hydrogens is 319 g/mol. The fraction of sp³-hybridized carbons (Fsp3) is 0.500. The first kappa shape index (κ1) is 12.9. The van der Waals surface area contributed by atoms with Crippen LogP contribution in [0.2, 0.25) is 0 Å². The van der Waals surface area contributed by atoms with Crippen LogP contribution >= 0.6 is 0 Å². The number of hydrogen-bond acceptors (Lipinski definition) is 7. The Morgan fingerprint density at radius 2 is 2.05 bits per heavy atom. The molecule has 3 heterocycles. The summed E-state index contributed by atoms with van der Waals surface area (Å²) in [6, 6.07) is 0. The minimum atomic E-state index is -1.15. The van der Waals surface area contributed by atoms with Crippen LogP contribution in [0.25, 0.3) is 11.2 Å². The van der Waals surface area contributed by atoms with Gasteiger partial charge in [0.05, 0.1) is 0 Å². The predicted molar refractivity (Wildman–Crippen MR) is 65.1 cm³/mol. The zero-order valence-electron chi connectivity index (χ0n) is 9.66.